The predicted molar refractivity (Wildman–Crippen MR) is 67.0 cm³/mol. The molecule has 96 valence electrons. The highest BCUT2D eigenvalue weighted by Gasteiger charge is 2.30. The Kier molecular flexibility index (Phi) is 5.08. The summed E-state index contributed by atoms with van der Waals surface area (Å²) < 4.78 is 0. The lowest BCUT2D eigenvalue weighted by atomic mass is 9.72. The third kappa shape index (κ3) is 3.19. The van der Waals surface area contributed by atoms with Crippen LogP contribution in [-0.4, -0.2) is 17.6 Å². The van der Waals surface area contributed by atoms with Crippen molar-refractivity contribution in [3.05, 3.63) is 34.3 Å². The van der Waals surface area contributed by atoms with Gasteiger partial charge in [0, 0.05) is 10.4 Å². The number of hydrogen-bond donors (Lipinski definition) is 1. The minimum atomic E-state index is -0.146. The predicted octanol–water partition coefficient (Wildman–Crippen LogP) is 2.81. The van der Waals surface area contributed by atoms with Gasteiger partial charge < -0.3 is 5.21 Å². The highest BCUT2D eigenvalue weighted by atomic mass is 35.5. The van der Waals surface area contributed by atoms with E-state index in [0.717, 1.165) is 24.3 Å². The molecule has 0 bridgehead atoms. The molecule has 0 saturated heterocycles. The van der Waals surface area contributed by atoms with E-state index < -0.39 is 0 Å². The van der Waals surface area contributed by atoms with Crippen LogP contribution < -0.4 is 0 Å². The lowest BCUT2D eigenvalue weighted by molar-refractivity contribution is -0.191. The van der Waals surface area contributed by atoms with Crippen LogP contribution in [0.5, 0.6) is 0 Å². The third-order valence-electron chi connectivity index (χ3n) is 3.17. The van der Waals surface area contributed by atoms with Gasteiger partial charge in [0.1, 0.15) is 0 Å². The third-order valence-corrected chi connectivity index (χ3v) is 3.40. The van der Waals surface area contributed by atoms with Crippen molar-refractivity contribution in [2.75, 3.05) is 0 Å². The first-order chi connectivity index (χ1) is 8.57. The molecule has 0 radical (unpaired) electrons. The SMILES string of the molecule is C[C@@]1(/C=N/O)CCCc2cc(Cl)ccc21.O=C=O. The first-order valence-corrected chi connectivity index (χ1v) is 5.92. The number of halogens is 1. The molecule has 0 saturated carbocycles. The van der Waals surface area contributed by atoms with E-state index in [1.165, 1.54) is 11.1 Å². The second-order valence-electron chi connectivity index (χ2n) is 4.40. The standard InChI is InChI=1S/C12H14ClNO.CO2/c1-12(8-14-15)6-2-3-9-7-10(13)4-5-11(9)12;2-1-3/h4-5,7-8,15H,2-3,6H2,1H3;/b14-8+;/t12-;/m0./s1. The second-order valence-corrected chi connectivity index (χ2v) is 4.84. The van der Waals surface area contributed by atoms with E-state index in [0.29, 0.717) is 0 Å². The number of benzene rings is 1. The summed E-state index contributed by atoms with van der Waals surface area (Å²) in [6, 6.07) is 5.95. The van der Waals surface area contributed by atoms with Gasteiger partial charge in [-0.05, 0) is 42.5 Å². The molecule has 0 fully saturated rings. The Balaban J connectivity index is 0.000000492. The highest BCUT2D eigenvalue weighted by Crippen LogP contribution is 2.36. The van der Waals surface area contributed by atoms with Gasteiger partial charge in [0.2, 0.25) is 0 Å². The zero-order valence-electron chi connectivity index (χ0n) is 10.0. The fourth-order valence-corrected chi connectivity index (χ4v) is 2.56. The number of rotatable bonds is 1. The van der Waals surface area contributed by atoms with Crippen molar-refractivity contribution < 1.29 is 14.8 Å². The van der Waals surface area contributed by atoms with Gasteiger partial charge in [-0.25, -0.2) is 0 Å². The van der Waals surface area contributed by atoms with E-state index in [-0.39, 0.29) is 11.6 Å². The molecular formula is C13H14ClNO3. The van der Waals surface area contributed by atoms with Crippen LogP contribution >= 0.6 is 11.6 Å². The van der Waals surface area contributed by atoms with Crippen molar-refractivity contribution in [1.29, 1.82) is 0 Å². The minimum Gasteiger partial charge on any atom is -0.411 e. The van der Waals surface area contributed by atoms with Crippen molar-refractivity contribution in [3.63, 3.8) is 0 Å². The number of hydrogen-bond acceptors (Lipinski definition) is 4. The van der Waals surface area contributed by atoms with Crippen molar-refractivity contribution >= 4 is 24.0 Å². The smallest absolute Gasteiger partial charge is 0.373 e. The van der Waals surface area contributed by atoms with Crippen LogP contribution in [-0.2, 0) is 21.4 Å². The van der Waals surface area contributed by atoms with Crippen molar-refractivity contribution in [2.24, 2.45) is 5.16 Å². The quantitative estimate of drug-likeness (QED) is 0.483. The maximum absolute atomic E-state index is 8.71. The van der Waals surface area contributed by atoms with Gasteiger partial charge in [0.25, 0.3) is 0 Å². The summed E-state index contributed by atoms with van der Waals surface area (Å²) in [5.74, 6) is 0. The van der Waals surface area contributed by atoms with Crippen LogP contribution in [0.2, 0.25) is 5.02 Å². The summed E-state index contributed by atoms with van der Waals surface area (Å²) in [6.07, 6.45) is 5.06. The van der Waals surface area contributed by atoms with E-state index in [1.807, 2.05) is 18.2 Å². The summed E-state index contributed by atoms with van der Waals surface area (Å²) in [5, 5.41) is 12.7. The Morgan fingerprint density at radius 2 is 2.17 bits per heavy atom. The summed E-state index contributed by atoms with van der Waals surface area (Å²) in [7, 11) is 0. The maximum Gasteiger partial charge on any atom is 0.373 e. The number of oxime groups is 1. The molecule has 0 aromatic heterocycles. The molecule has 0 unspecified atom stereocenters. The van der Waals surface area contributed by atoms with E-state index >= 15 is 0 Å². The van der Waals surface area contributed by atoms with Crippen LogP contribution in [0.1, 0.15) is 30.9 Å². The maximum atomic E-state index is 8.71. The summed E-state index contributed by atoms with van der Waals surface area (Å²) >= 11 is 5.96. The van der Waals surface area contributed by atoms with Gasteiger partial charge in [0.15, 0.2) is 0 Å². The summed E-state index contributed by atoms with van der Waals surface area (Å²) in [5.41, 5.74) is 2.36. The molecule has 0 heterocycles. The van der Waals surface area contributed by atoms with E-state index in [9.17, 15) is 0 Å². The van der Waals surface area contributed by atoms with Crippen molar-refractivity contribution in [1.82, 2.24) is 0 Å². The number of nitrogens with zero attached hydrogens (tertiary/aromatic N) is 1. The first kappa shape index (κ1) is 14.4. The molecule has 5 heteroatoms. The average Bonchev–Trinajstić information content (AvgIpc) is 2.30. The Labute approximate surface area is 110 Å². The lowest BCUT2D eigenvalue weighted by Crippen LogP contribution is -2.29. The zero-order valence-corrected chi connectivity index (χ0v) is 10.8. The molecular weight excluding hydrogens is 254 g/mol. The molecule has 1 aromatic rings. The van der Waals surface area contributed by atoms with Crippen LogP contribution in [0.25, 0.3) is 0 Å². The highest BCUT2D eigenvalue weighted by molar-refractivity contribution is 6.30. The fraction of sp³-hybridized carbons (Fsp3) is 0.385. The molecule has 2 rings (SSSR count). The Morgan fingerprint density at radius 1 is 1.50 bits per heavy atom. The van der Waals surface area contributed by atoms with Gasteiger partial charge in [-0.2, -0.15) is 9.59 Å². The topological polar surface area (TPSA) is 66.7 Å². The van der Waals surface area contributed by atoms with Gasteiger partial charge in [-0.15, -0.1) is 5.16 Å². The van der Waals surface area contributed by atoms with Crippen LogP contribution in [0.3, 0.4) is 0 Å². The van der Waals surface area contributed by atoms with Gasteiger partial charge >= 0.3 is 6.15 Å². The zero-order chi connectivity index (χ0) is 13.6. The van der Waals surface area contributed by atoms with E-state index in [2.05, 4.69) is 12.1 Å². The summed E-state index contributed by atoms with van der Waals surface area (Å²) in [4.78, 5) is 16.2. The van der Waals surface area contributed by atoms with Crippen LogP contribution in [0, 0.1) is 0 Å². The number of carbonyl (C=O) groups excluding carboxylic acids is 2. The molecule has 18 heavy (non-hydrogen) atoms. The number of aryl methyl sites for hydroxylation is 1. The van der Waals surface area contributed by atoms with Gasteiger partial charge in [0.05, 0.1) is 6.21 Å². The average molecular weight is 268 g/mol. The molecule has 0 spiro atoms. The Bertz CT molecular complexity index is 481. The largest absolute Gasteiger partial charge is 0.411 e. The molecule has 1 atom stereocenters. The van der Waals surface area contributed by atoms with Crippen molar-refractivity contribution in [2.45, 2.75) is 31.6 Å². The Morgan fingerprint density at radius 3 is 2.78 bits per heavy atom. The number of fused-ring (bicyclic) bond motifs is 1. The molecule has 1 N–H and O–H groups in total. The van der Waals surface area contributed by atoms with E-state index in [4.69, 9.17) is 26.4 Å². The second kappa shape index (κ2) is 6.34. The van der Waals surface area contributed by atoms with E-state index in [1.54, 1.807) is 6.21 Å². The fourth-order valence-electron chi connectivity index (χ4n) is 2.37. The normalized spacial score (nSPS) is 21.7. The molecule has 1 aliphatic carbocycles. The van der Waals surface area contributed by atoms with Gasteiger partial charge in [-0.1, -0.05) is 24.6 Å². The minimum absolute atomic E-state index is 0.146. The molecule has 1 aliphatic rings. The van der Waals surface area contributed by atoms with Crippen LogP contribution in [0.15, 0.2) is 23.4 Å². The first-order valence-electron chi connectivity index (χ1n) is 5.54. The van der Waals surface area contributed by atoms with Crippen LogP contribution in [0.4, 0.5) is 0 Å². The molecule has 1 aromatic carbocycles. The summed E-state index contributed by atoms with van der Waals surface area (Å²) in [6.45, 7) is 2.10. The van der Waals surface area contributed by atoms with Crippen molar-refractivity contribution in [3.8, 4) is 0 Å². The lowest BCUT2D eigenvalue weighted by Gasteiger charge is -2.32. The Hall–Kier alpha value is -1.64. The molecule has 0 aliphatic heterocycles. The molecule has 0 amide bonds. The monoisotopic (exact) mass is 267 g/mol. The van der Waals surface area contributed by atoms with Gasteiger partial charge in [-0.3, -0.25) is 0 Å². The molecule has 4 nitrogen and oxygen atoms in total.